The minimum Gasteiger partial charge on any atom is -0.481 e. The summed E-state index contributed by atoms with van der Waals surface area (Å²) in [5.41, 5.74) is 2.22. The molecule has 1 N–H and O–H groups in total. The van der Waals surface area contributed by atoms with Gasteiger partial charge < -0.3 is 10.1 Å². The van der Waals surface area contributed by atoms with E-state index in [0.29, 0.717) is 17.0 Å². The average Bonchev–Trinajstić information content (AvgIpc) is 2.49. The summed E-state index contributed by atoms with van der Waals surface area (Å²) in [6, 6.07) is 10.00. The highest BCUT2D eigenvalue weighted by molar-refractivity contribution is 9.10. The summed E-state index contributed by atoms with van der Waals surface area (Å²) in [6.45, 7) is 5.20. The average molecular weight is 393 g/mol. The standard InChI is InChI=1S/C17H17BrN2O4/c1-10-4-6-15(14(18)8-10)19-17(21)12(3)24-13-5-7-16(20(22)23)11(2)9-13/h4-9,12H,1-3H3,(H,19,21)/t12-/m1/s1. The van der Waals surface area contributed by atoms with Crippen molar-refractivity contribution in [3.63, 3.8) is 0 Å². The molecular formula is C17H17BrN2O4. The summed E-state index contributed by atoms with van der Waals surface area (Å²) < 4.78 is 6.36. The number of halogens is 1. The van der Waals surface area contributed by atoms with Crippen LogP contribution in [0.5, 0.6) is 5.75 Å². The number of rotatable bonds is 5. The first kappa shape index (κ1) is 17.9. The molecule has 24 heavy (non-hydrogen) atoms. The maximum Gasteiger partial charge on any atom is 0.272 e. The van der Waals surface area contributed by atoms with Crippen LogP contribution in [0.1, 0.15) is 18.1 Å². The lowest BCUT2D eigenvalue weighted by Crippen LogP contribution is -2.30. The van der Waals surface area contributed by atoms with Crippen LogP contribution in [-0.2, 0) is 4.79 Å². The van der Waals surface area contributed by atoms with Crippen LogP contribution in [0.4, 0.5) is 11.4 Å². The van der Waals surface area contributed by atoms with Gasteiger partial charge in [0.05, 0.1) is 10.6 Å². The number of carbonyl (C=O) groups excluding carboxylic acids is 1. The van der Waals surface area contributed by atoms with E-state index in [-0.39, 0.29) is 11.6 Å². The van der Waals surface area contributed by atoms with Gasteiger partial charge in [-0.15, -0.1) is 0 Å². The molecular weight excluding hydrogens is 376 g/mol. The molecule has 0 aliphatic heterocycles. The van der Waals surface area contributed by atoms with Crippen LogP contribution in [0.25, 0.3) is 0 Å². The number of carbonyl (C=O) groups is 1. The monoisotopic (exact) mass is 392 g/mol. The summed E-state index contributed by atoms with van der Waals surface area (Å²) in [7, 11) is 0. The summed E-state index contributed by atoms with van der Waals surface area (Å²) in [6.07, 6.45) is -0.751. The van der Waals surface area contributed by atoms with Gasteiger partial charge in [-0.25, -0.2) is 0 Å². The molecule has 2 rings (SSSR count). The van der Waals surface area contributed by atoms with Crippen molar-refractivity contribution >= 4 is 33.2 Å². The number of nitrogens with one attached hydrogen (secondary N) is 1. The number of aryl methyl sites for hydroxylation is 2. The molecule has 0 bridgehead atoms. The molecule has 0 radical (unpaired) electrons. The molecule has 0 fully saturated rings. The molecule has 1 amide bonds. The topological polar surface area (TPSA) is 81.5 Å². The van der Waals surface area contributed by atoms with Gasteiger partial charge in [0.15, 0.2) is 6.10 Å². The third-order valence-electron chi connectivity index (χ3n) is 3.43. The number of benzene rings is 2. The Hall–Kier alpha value is -2.41. The second-order valence-electron chi connectivity index (χ2n) is 5.44. The molecule has 0 unspecified atom stereocenters. The molecule has 0 saturated carbocycles. The number of ether oxygens (including phenoxy) is 1. The van der Waals surface area contributed by atoms with Gasteiger partial charge in [-0.05, 0) is 66.5 Å². The molecule has 0 aliphatic carbocycles. The summed E-state index contributed by atoms with van der Waals surface area (Å²) in [5, 5.41) is 13.6. The number of anilines is 1. The Labute approximate surface area is 148 Å². The van der Waals surface area contributed by atoms with E-state index in [1.807, 2.05) is 19.1 Å². The van der Waals surface area contributed by atoms with Gasteiger partial charge in [-0.1, -0.05) is 6.07 Å². The SMILES string of the molecule is Cc1ccc(NC(=O)[C@@H](C)Oc2ccc([N+](=O)[O-])c(C)c2)c(Br)c1. The van der Waals surface area contributed by atoms with Crippen LogP contribution < -0.4 is 10.1 Å². The van der Waals surface area contributed by atoms with Crippen molar-refractivity contribution in [2.75, 3.05) is 5.32 Å². The number of nitro benzene ring substituents is 1. The van der Waals surface area contributed by atoms with Crippen LogP contribution in [0, 0.1) is 24.0 Å². The van der Waals surface area contributed by atoms with Gasteiger partial charge in [0.25, 0.3) is 11.6 Å². The molecule has 0 aromatic heterocycles. The molecule has 6 nitrogen and oxygen atoms in total. The predicted molar refractivity (Wildman–Crippen MR) is 95.4 cm³/mol. The van der Waals surface area contributed by atoms with Crippen LogP contribution >= 0.6 is 15.9 Å². The Morgan fingerprint density at radius 3 is 2.54 bits per heavy atom. The van der Waals surface area contributed by atoms with Crippen LogP contribution in [0.3, 0.4) is 0 Å². The van der Waals surface area contributed by atoms with Crippen molar-refractivity contribution in [1.82, 2.24) is 0 Å². The van der Waals surface area contributed by atoms with E-state index < -0.39 is 11.0 Å². The highest BCUT2D eigenvalue weighted by Gasteiger charge is 2.18. The van der Waals surface area contributed by atoms with E-state index >= 15 is 0 Å². The van der Waals surface area contributed by atoms with Gasteiger partial charge in [0.1, 0.15) is 5.75 Å². The van der Waals surface area contributed by atoms with Crippen LogP contribution in [0.2, 0.25) is 0 Å². The Balaban J connectivity index is 2.06. The fourth-order valence-electron chi connectivity index (χ4n) is 2.12. The van der Waals surface area contributed by atoms with E-state index in [2.05, 4.69) is 21.2 Å². The van der Waals surface area contributed by atoms with E-state index in [4.69, 9.17) is 4.74 Å². The first-order chi connectivity index (χ1) is 11.3. The molecule has 1 atom stereocenters. The van der Waals surface area contributed by atoms with Crippen molar-refractivity contribution in [3.8, 4) is 5.75 Å². The zero-order valence-corrected chi connectivity index (χ0v) is 15.1. The first-order valence-corrected chi connectivity index (χ1v) is 8.06. The Morgan fingerprint density at radius 1 is 1.25 bits per heavy atom. The van der Waals surface area contributed by atoms with E-state index in [1.54, 1.807) is 26.0 Å². The molecule has 0 saturated heterocycles. The Kier molecular flexibility index (Phi) is 5.56. The number of nitro groups is 1. The minimum atomic E-state index is -0.751. The van der Waals surface area contributed by atoms with Gasteiger partial charge >= 0.3 is 0 Å². The van der Waals surface area contributed by atoms with Crippen molar-refractivity contribution in [1.29, 1.82) is 0 Å². The van der Waals surface area contributed by atoms with Gasteiger partial charge in [-0.2, -0.15) is 0 Å². The second kappa shape index (κ2) is 7.44. The fourth-order valence-corrected chi connectivity index (χ4v) is 2.71. The van der Waals surface area contributed by atoms with E-state index in [0.717, 1.165) is 10.0 Å². The molecule has 0 spiro atoms. The van der Waals surface area contributed by atoms with Crippen molar-refractivity contribution in [3.05, 3.63) is 62.1 Å². The molecule has 7 heteroatoms. The van der Waals surface area contributed by atoms with Gasteiger partial charge in [0, 0.05) is 16.1 Å². The normalized spacial score (nSPS) is 11.7. The van der Waals surface area contributed by atoms with Crippen LogP contribution in [0.15, 0.2) is 40.9 Å². The predicted octanol–water partition coefficient (Wildman–Crippen LogP) is 4.38. The first-order valence-electron chi connectivity index (χ1n) is 7.26. The lowest BCUT2D eigenvalue weighted by molar-refractivity contribution is -0.385. The third kappa shape index (κ3) is 4.32. The number of hydrogen-bond acceptors (Lipinski definition) is 4. The van der Waals surface area contributed by atoms with Crippen molar-refractivity contribution < 1.29 is 14.5 Å². The van der Waals surface area contributed by atoms with Crippen molar-refractivity contribution in [2.45, 2.75) is 26.9 Å². The fraction of sp³-hybridized carbons (Fsp3) is 0.235. The zero-order chi connectivity index (χ0) is 17.9. The van der Waals surface area contributed by atoms with Crippen molar-refractivity contribution in [2.24, 2.45) is 0 Å². The maximum absolute atomic E-state index is 12.2. The highest BCUT2D eigenvalue weighted by Crippen LogP contribution is 2.25. The summed E-state index contributed by atoms with van der Waals surface area (Å²) in [4.78, 5) is 22.6. The second-order valence-corrected chi connectivity index (χ2v) is 6.29. The number of nitrogens with zero attached hydrogens (tertiary/aromatic N) is 1. The molecule has 2 aromatic rings. The van der Waals surface area contributed by atoms with Crippen LogP contribution in [-0.4, -0.2) is 16.9 Å². The molecule has 0 heterocycles. The Bertz CT molecular complexity index is 792. The lowest BCUT2D eigenvalue weighted by atomic mass is 10.2. The smallest absolute Gasteiger partial charge is 0.272 e. The zero-order valence-electron chi connectivity index (χ0n) is 13.5. The van der Waals surface area contributed by atoms with E-state index in [1.165, 1.54) is 12.1 Å². The van der Waals surface area contributed by atoms with Gasteiger partial charge in [0.2, 0.25) is 0 Å². The summed E-state index contributed by atoms with van der Waals surface area (Å²) in [5.74, 6) is 0.0966. The summed E-state index contributed by atoms with van der Waals surface area (Å²) >= 11 is 3.40. The number of amides is 1. The number of hydrogen-bond donors (Lipinski definition) is 1. The third-order valence-corrected chi connectivity index (χ3v) is 4.09. The molecule has 2 aromatic carbocycles. The van der Waals surface area contributed by atoms with E-state index in [9.17, 15) is 14.9 Å². The Morgan fingerprint density at radius 2 is 1.96 bits per heavy atom. The highest BCUT2D eigenvalue weighted by atomic mass is 79.9. The largest absolute Gasteiger partial charge is 0.481 e. The maximum atomic E-state index is 12.2. The molecule has 0 aliphatic rings. The minimum absolute atomic E-state index is 0.0167. The van der Waals surface area contributed by atoms with Gasteiger partial charge in [-0.3, -0.25) is 14.9 Å². The lowest BCUT2D eigenvalue weighted by Gasteiger charge is -2.16. The molecule has 126 valence electrons. The quantitative estimate of drug-likeness (QED) is 0.604.